The maximum atomic E-state index is 11.9. The van der Waals surface area contributed by atoms with E-state index in [9.17, 15) is 9.59 Å². The van der Waals surface area contributed by atoms with Crippen molar-refractivity contribution in [3.8, 4) is 0 Å². The van der Waals surface area contributed by atoms with E-state index in [1.165, 1.54) is 0 Å². The molecule has 1 fully saturated rings. The number of hydrogen-bond donors (Lipinski definition) is 2. The van der Waals surface area contributed by atoms with Crippen LogP contribution in [0.3, 0.4) is 0 Å². The van der Waals surface area contributed by atoms with Gasteiger partial charge in [0.2, 0.25) is 0 Å². The van der Waals surface area contributed by atoms with Crippen LogP contribution >= 0.6 is 23.4 Å². The van der Waals surface area contributed by atoms with Crippen molar-refractivity contribution in [1.82, 2.24) is 15.5 Å². The molecule has 1 aliphatic rings. The zero-order valence-electron chi connectivity index (χ0n) is 11.6. The van der Waals surface area contributed by atoms with Crippen molar-refractivity contribution in [3.63, 3.8) is 0 Å². The quantitative estimate of drug-likeness (QED) is 0.829. The largest absolute Gasteiger partial charge is 0.350 e. The first-order valence-electron chi connectivity index (χ1n) is 6.82. The summed E-state index contributed by atoms with van der Waals surface area (Å²) in [5, 5.41) is 5.96. The molecule has 0 bridgehead atoms. The Morgan fingerprint density at radius 1 is 1.14 bits per heavy atom. The Bertz CT molecular complexity index is 507. The highest BCUT2D eigenvalue weighted by molar-refractivity contribution is 7.99. The van der Waals surface area contributed by atoms with Gasteiger partial charge in [-0.1, -0.05) is 23.7 Å². The van der Waals surface area contributed by atoms with Crippen molar-refractivity contribution in [2.75, 3.05) is 37.7 Å². The van der Waals surface area contributed by atoms with Gasteiger partial charge in [0.25, 0.3) is 5.91 Å². The molecule has 21 heavy (non-hydrogen) atoms. The van der Waals surface area contributed by atoms with Crippen LogP contribution in [0, 0.1) is 0 Å². The molecule has 1 aromatic carbocycles. The van der Waals surface area contributed by atoms with Gasteiger partial charge in [0.1, 0.15) is 0 Å². The van der Waals surface area contributed by atoms with Gasteiger partial charge < -0.3 is 15.5 Å². The molecule has 0 aromatic heterocycles. The van der Waals surface area contributed by atoms with Gasteiger partial charge in [-0.2, -0.15) is 11.8 Å². The topological polar surface area (TPSA) is 61.4 Å². The highest BCUT2D eigenvalue weighted by Crippen LogP contribution is 2.14. The van der Waals surface area contributed by atoms with Crippen molar-refractivity contribution in [3.05, 3.63) is 34.9 Å². The fraction of sp³-hybridized carbons (Fsp3) is 0.429. The summed E-state index contributed by atoms with van der Waals surface area (Å²) >= 11 is 7.80. The molecule has 1 aliphatic heterocycles. The zero-order chi connectivity index (χ0) is 15.1. The van der Waals surface area contributed by atoms with E-state index in [-0.39, 0.29) is 11.9 Å². The molecule has 2 N–H and O–H groups in total. The third kappa shape index (κ3) is 4.82. The number of carbonyl (C=O) groups is 2. The molecule has 0 aliphatic carbocycles. The van der Waals surface area contributed by atoms with E-state index in [4.69, 9.17) is 11.6 Å². The fourth-order valence-corrected chi connectivity index (χ4v) is 3.09. The number of halogens is 1. The number of thioether (sulfide) groups is 1. The van der Waals surface area contributed by atoms with Crippen LogP contribution < -0.4 is 10.6 Å². The lowest BCUT2D eigenvalue weighted by Crippen LogP contribution is -2.46. The Hall–Kier alpha value is -1.40. The number of benzene rings is 1. The van der Waals surface area contributed by atoms with Crippen LogP contribution in [0.2, 0.25) is 5.02 Å². The van der Waals surface area contributed by atoms with Crippen LogP contribution in [0.25, 0.3) is 0 Å². The minimum absolute atomic E-state index is 0.0673. The lowest BCUT2D eigenvalue weighted by molar-refractivity contribution is 0.0953. The van der Waals surface area contributed by atoms with Gasteiger partial charge >= 0.3 is 6.03 Å². The Kier molecular flexibility index (Phi) is 6.20. The molecule has 0 atom stereocenters. The summed E-state index contributed by atoms with van der Waals surface area (Å²) in [7, 11) is 0. The minimum Gasteiger partial charge on any atom is -0.350 e. The first kappa shape index (κ1) is 16.0. The average molecular weight is 328 g/mol. The first-order chi connectivity index (χ1) is 10.2. The number of amides is 3. The lowest BCUT2D eigenvalue weighted by atomic mass is 10.2. The van der Waals surface area contributed by atoms with Gasteiger partial charge in [-0.3, -0.25) is 4.79 Å². The van der Waals surface area contributed by atoms with Crippen molar-refractivity contribution in [2.24, 2.45) is 0 Å². The first-order valence-corrected chi connectivity index (χ1v) is 8.35. The summed E-state index contributed by atoms with van der Waals surface area (Å²) in [5.74, 6) is 1.73. The van der Waals surface area contributed by atoms with Crippen molar-refractivity contribution >= 4 is 35.3 Å². The van der Waals surface area contributed by atoms with E-state index < -0.39 is 0 Å². The normalized spacial score (nSPS) is 14.6. The van der Waals surface area contributed by atoms with Crippen molar-refractivity contribution in [2.45, 2.75) is 0 Å². The second-order valence-electron chi connectivity index (χ2n) is 4.57. The van der Waals surface area contributed by atoms with Gasteiger partial charge in [-0.25, -0.2) is 4.79 Å². The third-order valence-corrected chi connectivity index (χ3v) is 4.38. The molecule has 114 valence electrons. The van der Waals surface area contributed by atoms with Crippen molar-refractivity contribution < 1.29 is 9.59 Å². The second kappa shape index (κ2) is 8.14. The molecule has 5 nitrogen and oxygen atoms in total. The summed E-state index contributed by atoms with van der Waals surface area (Å²) in [6, 6.07) is 6.81. The molecule has 3 amide bonds. The van der Waals surface area contributed by atoms with Gasteiger partial charge in [0.05, 0.1) is 10.6 Å². The number of rotatable bonds is 4. The minimum atomic E-state index is -0.232. The van der Waals surface area contributed by atoms with Crippen molar-refractivity contribution in [1.29, 1.82) is 0 Å². The van der Waals surface area contributed by atoms with E-state index in [1.807, 2.05) is 11.8 Å². The Balaban J connectivity index is 1.68. The number of hydrogen-bond acceptors (Lipinski definition) is 3. The second-order valence-corrected chi connectivity index (χ2v) is 6.20. The van der Waals surface area contributed by atoms with Crippen LogP contribution in [0.1, 0.15) is 10.4 Å². The molecule has 2 rings (SSSR count). The van der Waals surface area contributed by atoms with Crippen LogP contribution in [0.5, 0.6) is 0 Å². The fourth-order valence-electron chi connectivity index (χ4n) is 1.96. The Morgan fingerprint density at radius 3 is 2.52 bits per heavy atom. The maximum absolute atomic E-state index is 11.9. The summed E-state index contributed by atoms with van der Waals surface area (Å²) in [4.78, 5) is 25.5. The van der Waals surface area contributed by atoms with Crippen LogP contribution in [0.4, 0.5) is 4.79 Å². The molecule has 0 radical (unpaired) electrons. The van der Waals surface area contributed by atoms with E-state index in [2.05, 4.69) is 10.6 Å². The average Bonchev–Trinajstić information content (AvgIpc) is 2.52. The highest BCUT2D eigenvalue weighted by atomic mass is 35.5. The van der Waals surface area contributed by atoms with Crippen LogP contribution in [-0.2, 0) is 0 Å². The standard InChI is InChI=1S/C14H18ClN3O2S/c15-12-4-2-1-3-11(12)13(19)16-5-6-17-14(20)18-7-9-21-10-8-18/h1-4H,5-10H2,(H,16,19)(H,17,20). The molecule has 0 saturated carbocycles. The van der Waals surface area contributed by atoms with Gasteiger partial charge in [0.15, 0.2) is 0 Å². The maximum Gasteiger partial charge on any atom is 0.317 e. The molecular weight excluding hydrogens is 310 g/mol. The smallest absolute Gasteiger partial charge is 0.317 e. The molecular formula is C14H18ClN3O2S. The highest BCUT2D eigenvalue weighted by Gasteiger charge is 2.16. The number of urea groups is 1. The van der Waals surface area contributed by atoms with Crippen LogP contribution in [-0.4, -0.2) is 54.5 Å². The van der Waals surface area contributed by atoms with E-state index in [0.717, 1.165) is 24.6 Å². The third-order valence-electron chi connectivity index (χ3n) is 3.10. The summed E-state index contributed by atoms with van der Waals surface area (Å²) in [5.41, 5.74) is 0.443. The molecule has 1 heterocycles. The molecule has 1 aromatic rings. The van der Waals surface area contributed by atoms with Crippen LogP contribution in [0.15, 0.2) is 24.3 Å². The molecule has 0 unspecified atom stereocenters. The van der Waals surface area contributed by atoms with E-state index >= 15 is 0 Å². The zero-order valence-corrected chi connectivity index (χ0v) is 13.2. The summed E-state index contributed by atoms with van der Waals surface area (Å²) < 4.78 is 0. The lowest BCUT2D eigenvalue weighted by Gasteiger charge is -2.26. The van der Waals surface area contributed by atoms with Gasteiger partial charge in [0, 0.05) is 37.7 Å². The number of nitrogens with one attached hydrogen (secondary N) is 2. The van der Waals surface area contributed by atoms with Gasteiger partial charge in [-0.15, -0.1) is 0 Å². The Labute approximate surface area is 133 Å². The predicted octanol–water partition coefficient (Wildman–Crippen LogP) is 1.83. The summed E-state index contributed by atoms with van der Waals surface area (Å²) in [6.45, 7) is 2.34. The van der Waals surface area contributed by atoms with E-state index in [0.29, 0.717) is 23.7 Å². The van der Waals surface area contributed by atoms with E-state index in [1.54, 1.807) is 29.2 Å². The summed E-state index contributed by atoms with van der Waals surface area (Å²) in [6.07, 6.45) is 0. The molecule has 0 spiro atoms. The van der Waals surface area contributed by atoms with Gasteiger partial charge in [-0.05, 0) is 12.1 Å². The monoisotopic (exact) mass is 327 g/mol. The molecule has 7 heteroatoms. The molecule has 1 saturated heterocycles. The Morgan fingerprint density at radius 2 is 1.81 bits per heavy atom. The number of nitrogens with zero attached hydrogens (tertiary/aromatic N) is 1. The number of carbonyl (C=O) groups excluding carboxylic acids is 2. The predicted molar refractivity (Wildman–Crippen MR) is 86.1 cm³/mol. The SMILES string of the molecule is O=C(NCCNC(=O)N1CCSCC1)c1ccccc1Cl.